The van der Waals surface area contributed by atoms with E-state index < -0.39 is 10.0 Å². The zero-order chi connectivity index (χ0) is 21.0. The van der Waals surface area contributed by atoms with Crippen molar-refractivity contribution in [2.24, 2.45) is 0 Å². The average Bonchev–Trinajstić information content (AvgIpc) is 3.38. The van der Waals surface area contributed by atoms with Gasteiger partial charge >= 0.3 is 0 Å². The van der Waals surface area contributed by atoms with E-state index in [1.807, 2.05) is 24.3 Å². The molecule has 0 atom stereocenters. The zero-order valence-corrected chi connectivity index (χ0v) is 17.5. The molecule has 0 radical (unpaired) electrons. The van der Waals surface area contributed by atoms with Gasteiger partial charge in [-0.05, 0) is 74.4 Å². The Morgan fingerprint density at radius 1 is 1.00 bits per heavy atom. The molecule has 7 heteroatoms. The van der Waals surface area contributed by atoms with E-state index in [2.05, 4.69) is 10.0 Å². The molecule has 4 rings (SSSR count). The van der Waals surface area contributed by atoms with E-state index >= 15 is 0 Å². The lowest BCUT2D eigenvalue weighted by atomic mass is 10.2. The first-order valence-corrected chi connectivity index (χ1v) is 11.8. The number of carbonyl (C=O) groups excluding carboxylic acids is 1. The first kappa shape index (κ1) is 20.6. The Hall–Kier alpha value is -2.64. The molecule has 2 saturated carbocycles. The number of carbonyl (C=O) groups is 1. The zero-order valence-electron chi connectivity index (χ0n) is 16.7. The van der Waals surface area contributed by atoms with Crippen LogP contribution in [-0.4, -0.2) is 26.5 Å². The molecule has 2 N–H and O–H groups in total. The van der Waals surface area contributed by atoms with E-state index in [1.165, 1.54) is 18.9 Å². The molecule has 0 aromatic heterocycles. The summed E-state index contributed by atoms with van der Waals surface area (Å²) >= 11 is 0. The summed E-state index contributed by atoms with van der Waals surface area (Å²) in [6.07, 6.45) is 9.70. The summed E-state index contributed by atoms with van der Waals surface area (Å²) in [5, 5.41) is 2.83. The quantitative estimate of drug-likeness (QED) is 0.623. The third kappa shape index (κ3) is 5.70. The molecule has 0 aliphatic heterocycles. The van der Waals surface area contributed by atoms with Gasteiger partial charge in [0.25, 0.3) is 0 Å². The van der Waals surface area contributed by atoms with Crippen LogP contribution in [0.5, 0.6) is 5.75 Å². The Morgan fingerprint density at radius 3 is 2.43 bits per heavy atom. The van der Waals surface area contributed by atoms with Gasteiger partial charge in [-0.1, -0.05) is 18.2 Å². The largest absolute Gasteiger partial charge is 0.490 e. The van der Waals surface area contributed by atoms with E-state index in [0.29, 0.717) is 5.69 Å². The smallest absolute Gasteiger partial charge is 0.248 e. The summed E-state index contributed by atoms with van der Waals surface area (Å²) in [4.78, 5) is 12.5. The van der Waals surface area contributed by atoms with Crippen molar-refractivity contribution in [1.82, 2.24) is 4.72 Å². The Labute approximate surface area is 177 Å². The molecule has 0 saturated heterocycles. The van der Waals surface area contributed by atoms with Gasteiger partial charge in [0.15, 0.2) is 0 Å². The summed E-state index contributed by atoms with van der Waals surface area (Å²) in [5.41, 5.74) is 1.42. The van der Waals surface area contributed by atoms with Crippen molar-refractivity contribution in [1.29, 1.82) is 0 Å². The fourth-order valence-corrected chi connectivity index (χ4v) is 4.75. The molecule has 1 amide bonds. The predicted octanol–water partition coefficient (Wildman–Crippen LogP) is 4.10. The highest BCUT2D eigenvalue weighted by molar-refractivity contribution is 7.89. The van der Waals surface area contributed by atoms with Crippen LogP contribution in [0.25, 0.3) is 6.08 Å². The highest BCUT2D eigenvalue weighted by atomic mass is 32.2. The molecule has 2 aromatic carbocycles. The van der Waals surface area contributed by atoms with Crippen molar-refractivity contribution in [3.05, 3.63) is 60.2 Å². The minimum Gasteiger partial charge on any atom is -0.490 e. The van der Waals surface area contributed by atoms with Crippen molar-refractivity contribution < 1.29 is 17.9 Å². The predicted molar refractivity (Wildman–Crippen MR) is 117 cm³/mol. The van der Waals surface area contributed by atoms with Crippen molar-refractivity contribution in [3.8, 4) is 5.75 Å². The molecule has 2 aliphatic rings. The maximum atomic E-state index is 12.3. The van der Waals surface area contributed by atoms with Crippen LogP contribution >= 0.6 is 0 Å². The summed E-state index contributed by atoms with van der Waals surface area (Å²) in [6, 6.07) is 13.9. The van der Waals surface area contributed by atoms with Crippen LogP contribution in [0, 0.1) is 0 Å². The van der Waals surface area contributed by atoms with Crippen LogP contribution in [0.15, 0.2) is 59.5 Å². The van der Waals surface area contributed by atoms with Gasteiger partial charge in [0.05, 0.1) is 11.0 Å². The number of rotatable bonds is 8. The molecule has 158 valence electrons. The highest BCUT2D eigenvalue weighted by Gasteiger charge is 2.27. The van der Waals surface area contributed by atoms with Crippen LogP contribution in [-0.2, 0) is 14.8 Å². The lowest BCUT2D eigenvalue weighted by molar-refractivity contribution is -0.111. The molecule has 30 heavy (non-hydrogen) atoms. The second-order valence-corrected chi connectivity index (χ2v) is 9.55. The van der Waals surface area contributed by atoms with Gasteiger partial charge in [-0.3, -0.25) is 4.79 Å². The number of hydrogen-bond acceptors (Lipinski definition) is 4. The number of hydrogen-bond donors (Lipinski definition) is 2. The highest BCUT2D eigenvalue weighted by Crippen LogP contribution is 2.26. The lowest BCUT2D eigenvalue weighted by Crippen LogP contribution is -2.25. The van der Waals surface area contributed by atoms with Gasteiger partial charge in [0.1, 0.15) is 5.75 Å². The van der Waals surface area contributed by atoms with E-state index in [1.54, 1.807) is 30.3 Å². The molecular formula is C23H26N2O4S. The Balaban J connectivity index is 1.33. The standard InChI is InChI=1S/C23H26N2O4S/c26-23(24-19-4-3-7-21(16-19)29-20-5-1-2-6-20)15-10-17-8-13-22(14-9-17)30(27,28)25-18-11-12-18/h3-4,7-10,13-16,18,20,25H,1-2,5-6,11-12H2,(H,24,26)/b15-10+. The molecule has 2 aromatic rings. The SMILES string of the molecule is O=C(/C=C/c1ccc(S(=O)(=O)NC2CC2)cc1)Nc1cccc(OC2CCCC2)c1. The van der Waals surface area contributed by atoms with Crippen LogP contribution in [0.3, 0.4) is 0 Å². The Kier molecular flexibility index (Phi) is 6.20. The average molecular weight is 427 g/mol. The second kappa shape index (κ2) is 9.02. The molecule has 2 fully saturated rings. The van der Waals surface area contributed by atoms with Crippen LogP contribution in [0.1, 0.15) is 44.1 Å². The molecule has 0 heterocycles. The van der Waals surface area contributed by atoms with E-state index in [-0.39, 0.29) is 22.9 Å². The van der Waals surface area contributed by atoms with Crippen LogP contribution in [0.2, 0.25) is 0 Å². The van der Waals surface area contributed by atoms with Gasteiger partial charge in [0, 0.05) is 23.9 Å². The van der Waals surface area contributed by atoms with E-state index in [4.69, 9.17) is 4.74 Å². The van der Waals surface area contributed by atoms with Gasteiger partial charge < -0.3 is 10.1 Å². The summed E-state index contributed by atoms with van der Waals surface area (Å²) < 4.78 is 33.0. The summed E-state index contributed by atoms with van der Waals surface area (Å²) in [5.74, 6) is 0.500. The van der Waals surface area contributed by atoms with E-state index in [9.17, 15) is 13.2 Å². The minimum atomic E-state index is -3.46. The van der Waals surface area contributed by atoms with E-state index in [0.717, 1.165) is 37.0 Å². The molecular weight excluding hydrogens is 400 g/mol. The molecule has 2 aliphatic carbocycles. The minimum absolute atomic E-state index is 0.0698. The first-order valence-electron chi connectivity index (χ1n) is 10.4. The summed E-state index contributed by atoms with van der Waals surface area (Å²) in [6.45, 7) is 0. The van der Waals surface area contributed by atoms with Crippen molar-refractivity contribution >= 4 is 27.7 Å². The van der Waals surface area contributed by atoms with Gasteiger partial charge in [0.2, 0.25) is 15.9 Å². The maximum Gasteiger partial charge on any atom is 0.248 e. The summed E-state index contributed by atoms with van der Waals surface area (Å²) in [7, 11) is -3.46. The first-order chi connectivity index (χ1) is 14.5. The fourth-order valence-electron chi connectivity index (χ4n) is 3.45. The van der Waals surface area contributed by atoms with Gasteiger partial charge in [-0.15, -0.1) is 0 Å². The van der Waals surface area contributed by atoms with Crippen LogP contribution in [0.4, 0.5) is 5.69 Å². The van der Waals surface area contributed by atoms with Gasteiger partial charge in [-0.25, -0.2) is 13.1 Å². The number of sulfonamides is 1. The monoisotopic (exact) mass is 426 g/mol. The van der Waals surface area contributed by atoms with Gasteiger partial charge in [-0.2, -0.15) is 0 Å². The number of benzene rings is 2. The maximum absolute atomic E-state index is 12.3. The topological polar surface area (TPSA) is 84.5 Å². The van der Waals surface area contributed by atoms with Crippen molar-refractivity contribution in [3.63, 3.8) is 0 Å². The molecule has 0 spiro atoms. The fraction of sp³-hybridized carbons (Fsp3) is 0.348. The second-order valence-electron chi connectivity index (χ2n) is 7.84. The number of amides is 1. The van der Waals surface area contributed by atoms with Crippen LogP contribution < -0.4 is 14.8 Å². The van der Waals surface area contributed by atoms with Crippen molar-refractivity contribution in [2.75, 3.05) is 5.32 Å². The molecule has 6 nitrogen and oxygen atoms in total. The van der Waals surface area contributed by atoms with Crippen molar-refractivity contribution in [2.45, 2.75) is 55.6 Å². The number of nitrogens with one attached hydrogen (secondary N) is 2. The molecule has 0 bridgehead atoms. The number of ether oxygens (including phenoxy) is 1. The number of anilines is 1. The molecule has 0 unspecified atom stereocenters. The Morgan fingerprint density at radius 2 is 1.73 bits per heavy atom. The lowest BCUT2D eigenvalue weighted by Gasteiger charge is -2.13. The normalized spacial score (nSPS) is 17.3. The Bertz CT molecular complexity index is 1020. The third-order valence-corrected chi connectivity index (χ3v) is 6.76. The third-order valence-electron chi connectivity index (χ3n) is 5.22.